The van der Waals surface area contributed by atoms with E-state index in [9.17, 15) is 4.79 Å². The van der Waals surface area contributed by atoms with E-state index in [-0.39, 0.29) is 11.7 Å². The zero-order valence-corrected chi connectivity index (χ0v) is 12.5. The summed E-state index contributed by atoms with van der Waals surface area (Å²) in [7, 11) is 0. The lowest BCUT2D eigenvalue weighted by atomic mass is 10.1. The van der Waals surface area contributed by atoms with Gasteiger partial charge in [0, 0.05) is 18.2 Å². The number of hydrogen-bond donors (Lipinski definition) is 2. The van der Waals surface area contributed by atoms with Gasteiger partial charge in [-0.05, 0) is 25.3 Å². The molecule has 1 aliphatic rings. The SMILES string of the molecule is CCN(C(=O)Cc1ccc(C(N)=NO)cc1)C1CCCC1. The van der Waals surface area contributed by atoms with Crippen LogP contribution < -0.4 is 5.73 Å². The van der Waals surface area contributed by atoms with Crippen LogP contribution >= 0.6 is 0 Å². The van der Waals surface area contributed by atoms with Gasteiger partial charge in [0.2, 0.25) is 5.91 Å². The molecule has 2 rings (SSSR count). The zero-order chi connectivity index (χ0) is 15.2. The summed E-state index contributed by atoms with van der Waals surface area (Å²) < 4.78 is 0. The largest absolute Gasteiger partial charge is 0.409 e. The predicted octanol–water partition coefficient (Wildman–Crippen LogP) is 2.11. The highest BCUT2D eigenvalue weighted by Gasteiger charge is 2.25. The van der Waals surface area contributed by atoms with E-state index in [0.717, 1.165) is 24.9 Å². The van der Waals surface area contributed by atoms with Gasteiger partial charge in [-0.15, -0.1) is 0 Å². The van der Waals surface area contributed by atoms with E-state index in [2.05, 4.69) is 5.16 Å². The van der Waals surface area contributed by atoms with Crippen molar-refractivity contribution in [2.75, 3.05) is 6.54 Å². The van der Waals surface area contributed by atoms with Crippen molar-refractivity contribution in [3.8, 4) is 0 Å². The molecule has 1 aromatic carbocycles. The Kier molecular flexibility index (Phi) is 5.20. The maximum absolute atomic E-state index is 12.4. The third kappa shape index (κ3) is 3.74. The van der Waals surface area contributed by atoms with Crippen LogP contribution in [0.25, 0.3) is 0 Å². The molecule has 0 saturated heterocycles. The predicted molar refractivity (Wildman–Crippen MR) is 82.3 cm³/mol. The lowest BCUT2D eigenvalue weighted by molar-refractivity contribution is -0.132. The van der Waals surface area contributed by atoms with Crippen LogP contribution in [0.5, 0.6) is 0 Å². The fraction of sp³-hybridized carbons (Fsp3) is 0.500. The van der Waals surface area contributed by atoms with E-state index in [4.69, 9.17) is 10.9 Å². The molecular weight excluding hydrogens is 266 g/mol. The van der Waals surface area contributed by atoms with Crippen LogP contribution in [0.2, 0.25) is 0 Å². The smallest absolute Gasteiger partial charge is 0.227 e. The Morgan fingerprint density at radius 2 is 1.95 bits per heavy atom. The van der Waals surface area contributed by atoms with Gasteiger partial charge in [0.25, 0.3) is 0 Å². The van der Waals surface area contributed by atoms with Crippen LogP contribution in [0.3, 0.4) is 0 Å². The van der Waals surface area contributed by atoms with Crippen molar-refractivity contribution in [3.63, 3.8) is 0 Å². The quantitative estimate of drug-likeness (QED) is 0.377. The minimum absolute atomic E-state index is 0.0778. The molecule has 1 fully saturated rings. The standard InChI is InChI=1S/C16H23N3O2/c1-2-19(14-5-3-4-6-14)15(20)11-12-7-9-13(10-8-12)16(17)18-21/h7-10,14,21H,2-6,11H2,1H3,(H2,17,18). The molecular formula is C16H23N3O2. The Morgan fingerprint density at radius 3 is 2.48 bits per heavy atom. The van der Waals surface area contributed by atoms with Crippen molar-refractivity contribution in [1.29, 1.82) is 0 Å². The molecule has 0 unspecified atom stereocenters. The second-order valence-electron chi connectivity index (χ2n) is 5.48. The van der Waals surface area contributed by atoms with Crippen LogP contribution in [0.4, 0.5) is 0 Å². The number of rotatable bonds is 5. The van der Waals surface area contributed by atoms with Gasteiger partial charge in [0.05, 0.1) is 6.42 Å². The highest BCUT2D eigenvalue weighted by Crippen LogP contribution is 2.24. The summed E-state index contributed by atoms with van der Waals surface area (Å²) in [6.45, 7) is 2.81. The Bertz CT molecular complexity index is 505. The number of carbonyl (C=O) groups excluding carboxylic acids is 1. The minimum Gasteiger partial charge on any atom is -0.409 e. The molecule has 0 spiro atoms. The van der Waals surface area contributed by atoms with E-state index in [1.165, 1.54) is 12.8 Å². The van der Waals surface area contributed by atoms with Crippen molar-refractivity contribution in [1.82, 2.24) is 4.90 Å². The number of nitrogens with two attached hydrogens (primary N) is 1. The van der Waals surface area contributed by atoms with Gasteiger partial charge in [-0.3, -0.25) is 4.79 Å². The van der Waals surface area contributed by atoms with E-state index >= 15 is 0 Å². The number of oxime groups is 1. The van der Waals surface area contributed by atoms with Crippen LogP contribution in [0.1, 0.15) is 43.7 Å². The summed E-state index contributed by atoms with van der Waals surface area (Å²) in [5, 5.41) is 11.6. The summed E-state index contributed by atoms with van der Waals surface area (Å²) >= 11 is 0. The number of amidine groups is 1. The molecule has 0 bridgehead atoms. The molecule has 0 aromatic heterocycles. The highest BCUT2D eigenvalue weighted by atomic mass is 16.4. The van der Waals surface area contributed by atoms with Gasteiger partial charge >= 0.3 is 0 Å². The molecule has 1 aliphatic carbocycles. The first-order valence-electron chi connectivity index (χ1n) is 7.52. The van der Waals surface area contributed by atoms with Crippen molar-refractivity contribution < 1.29 is 10.0 Å². The summed E-state index contributed by atoms with van der Waals surface area (Å²) in [6.07, 6.45) is 5.11. The third-order valence-electron chi connectivity index (χ3n) is 4.14. The Morgan fingerprint density at radius 1 is 1.33 bits per heavy atom. The Balaban J connectivity index is 2.01. The molecule has 3 N–H and O–H groups in total. The minimum atomic E-state index is 0.0778. The molecule has 5 nitrogen and oxygen atoms in total. The number of amides is 1. The van der Waals surface area contributed by atoms with E-state index < -0.39 is 0 Å². The highest BCUT2D eigenvalue weighted by molar-refractivity contribution is 5.97. The maximum Gasteiger partial charge on any atom is 0.227 e. The number of hydrogen-bond acceptors (Lipinski definition) is 3. The van der Waals surface area contributed by atoms with Gasteiger partial charge < -0.3 is 15.8 Å². The van der Waals surface area contributed by atoms with Crippen molar-refractivity contribution in [2.24, 2.45) is 10.9 Å². The second-order valence-corrected chi connectivity index (χ2v) is 5.48. The third-order valence-corrected chi connectivity index (χ3v) is 4.14. The van der Waals surface area contributed by atoms with E-state index in [0.29, 0.717) is 18.0 Å². The van der Waals surface area contributed by atoms with Crippen LogP contribution in [0, 0.1) is 0 Å². The first kappa shape index (κ1) is 15.4. The molecule has 0 aliphatic heterocycles. The Hall–Kier alpha value is -2.04. The second kappa shape index (κ2) is 7.11. The van der Waals surface area contributed by atoms with Crippen LogP contribution in [0.15, 0.2) is 29.4 Å². The fourth-order valence-corrected chi connectivity index (χ4v) is 2.98. The number of nitrogens with zero attached hydrogens (tertiary/aromatic N) is 2. The first-order valence-corrected chi connectivity index (χ1v) is 7.52. The van der Waals surface area contributed by atoms with Crippen LogP contribution in [-0.2, 0) is 11.2 Å². The van der Waals surface area contributed by atoms with E-state index in [1.807, 2.05) is 24.0 Å². The monoisotopic (exact) mass is 289 g/mol. The van der Waals surface area contributed by atoms with Gasteiger partial charge in [0.1, 0.15) is 0 Å². The molecule has 21 heavy (non-hydrogen) atoms. The molecule has 5 heteroatoms. The summed E-state index contributed by atoms with van der Waals surface area (Å²) in [5.41, 5.74) is 7.12. The summed E-state index contributed by atoms with van der Waals surface area (Å²) in [6, 6.07) is 7.66. The average molecular weight is 289 g/mol. The molecule has 0 radical (unpaired) electrons. The van der Waals surface area contributed by atoms with Crippen LogP contribution in [-0.4, -0.2) is 34.4 Å². The van der Waals surface area contributed by atoms with Gasteiger partial charge in [-0.1, -0.05) is 42.3 Å². The van der Waals surface area contributed by atoms with Gasteiger partial charge in [0.15, 0.2) is 5.84 Å². The summed E-state index contributed by atoms with van der Waals surface area (Å²) in [5.74, 6) is 0.259. The number of carbonyl (C=O) groups is 1. The molecule has 1 amide bonds. The van der Waals surface area contributed by atoms with Crippen molar-refractivity contribution in [3.05, 3.63) is 35.4 Å². The summed E-state index contributed by atoms with van der Waals surface area (Å²) in [4.78, 5) is 14.4. The lowest BCUT2D eigenvalue weighted by Crippen LogP contribution is -2.39. The Labute approximate surface area is 125 Å². The normalized spacial score (nSPS) is 16.1. The molecule has 1 aromatic rings. The zero-order valence-electron chi connectivity index (χ0n) is 12.5. The molecule has 0 atom stereocenters. The lowest BCUT2D eigenvalue weighted by Gasteiger charge is -2.27. The van der Waals surface area contributed by atoms with Gasteiger partial charge in [-0.2, -0.15) is 0 Å². The fourth-order valence-electron chi connectivity index (χ4n) is 2.98. The molecule has 1 saturated carbocycles. The number of benzene rings is 1. The average Bonchev–Trinajstić information content (AvgIpc) is 3.02. The molecule has 114 valence electrons. The van der Waals surface area contributed by atoms with E-state index in [1.54, 1.807) is 12.1 Å². The number of likely N-dealkylation sites (N-methyl/N-ethyl adjacent to an activating group) is 1. The molecule has 0 heterocycles. The van der Waals surface area contributed by atoms with Crippen molar-refractivity contribution >= 4 is 11.7 Å². The first-order chi connectivity index (χ1) is 10.2. The van der Waals surface area contributed by atoms with Gasteiger partial charge in [-0.25, -0.2) is 0 Å². The maximum atomic E-state index is 12.4. The topological polar surface area (TPSA) is 78.9 Å². The van der Waals surface area contributed by atoms with Crippen molar-refractivity contribution in [2.45, 2.75) is 45.1 Å².